The molecular weight excluding hydrogens is 196 g/mol. The van der Waals surface area contributed by atoms with Gasteiger partial charge in [-0.15, -0.1) is 0 Å². The largest absolute Gasteiger partial charge is 0.469 e. The first-order valence-corrected chi connectivity index (χ1v) is 5.33. The molecule has 0 aromatic carbocycles. The van der Waals surface area contributed by atoms with E-state index < -0.39 is 0 Å². The lowest BCUT2D eigenvalue weighted by molar-refractivity contribution is -0.148. The Morgan fingerprint density at radius 2 is 1.40 bits per heavy atom. The second-order valence-electron chi connectivity index (χ2n) is 4.44. The average molecular weight is 212 g/mol. The summed E-state index contributed by atoms with van der Waals surface area (Å²) in [5.41, 5.74) is -0.125. The van der Waals surface area contributed by atoms with Crippen LogP contribution in [0.4, 0.5) is 0 Å². The van der Waals surface area contributed by atoms with Gasteiger partial charge in [0, 0.05) is 0 Å². The van der Waals surface area contributed by atoms with E-state index in [2.05, 4.69) is 0 Å². The Morgan fingerprint density at radius 1 is 1.00 bits per heavy atom. The van der Waals surface area contributed by atoms with E-state index in [0.29, 0.717) is 0 Å². The maximum atomic E-state index is 11.5. The SMILES string of the molecule is COC(=O)[C@H]1[C@H](C(=O)OC)C12CCCC2. The van der Waals surface area contributed by atoms with Crippen LogP contribution in [0.25, 0.3) is 0 Å². The maximum Gasteiger partial charge on any atom is 0.310 e. The van der Waals surface area contributed by atoms with Gasteiger partial charge in [-0.3, -0.25) is 9.59 Å². The van der Waals surface area contributed by atoms with Gasteiger partial charge >= 0.3 is 11.9 Å². The maximum absolute atomic E-state index is 11.5. The van der Waals surface area contributed by atoms with E-state index in [1.165, 1.54) is 14.2 Å². The van der Waals surface area contributed by atoms with Gasteiger partial charge in [-0.1, -0.05) is 12.8 Å². The summed E-state index contributed by atoms with van der Waals surface area (Å²) < 4.78 is 9.48. The van der Waals surface area contributed by atoms with Crippen LogP contribution in [0.2, 0.25) is 0 Å². The van der Waals surface area contributed by atoms with Crippen LogP contribution in [0.15, 0.2) is 0 Å². The molecule has 0 bridgehead atoms. The minimum atomic E-state index is -0.257. The zero-order valence-corrected chi connectivity index (χ0v) is 9.12. The molecule has 2 aliphatic carbocycles. The number of methoxy groups -OCH3 is 2. The second-order valence-corrected chi connectivity index (χ2v) is 4.44. The van der Waals surface area contributed by atoms with Crippen molar-refractivity contribution in [2.24, 2.45) is 17.3 Å². The predicted octanol–water partition coefficient (Wildman–Crippen LogP) is 1.14. The van der Waals surface area contributed by atoms with E-state index >= 15 is 0 Å². The molecule has 0 heterocycles. The molecule has 0 saturated heterocycles. The van der Waals surface area contributed by atoms with Crippen molar-refractivity contribution in [2.75, 3.05) is 14.2 Å². The van der Waals surface area contributed by atoms with Crippen molar-refractivity contribution in [3.8, 4) is 0 Å². The standard InChI is InChI=1S/C11H16O4/c1-14-9(12)7-8(10(13)15-2)11(7)5-3-4-6-11/h7-8H,3-6H2,1-2H3/t7-,8-/m1/s1. The number of esters is 2. The third-order valence-corrected chi connectivity index (χ3v) is 3.91. The molecule has 2 atom stereocenters. The highest BCUT2D eigenvalue weighted by Crippen LogP contribution is 2.68. The molecule has 4 nitrogen and oxygen atoms in total. The first kappa shape index (κ1) is 10.5. The Labute approximate surface area is 88.9 Å². The van der Waals surface area contributed by atoms with Crippen molar-refractivity contribution in [1.82, 2.24) is 0 Å². The second kappa shape index (κ2) is 3.51. The van der Waals surface area contributed by atoms with Crippen molar-refractivity contribution in [1.29, 1.82) is 0 Å². The molecule has 0 N–H and O–H groups in total. The van der Waals surface area contributed by atoms with Crippen LogP contribution in [-0.2, 0) is 19.1 Å². The molecular formula is C11H16O4. The first-order valence-electron chi connectivity index (χ1n) is 5.33. The number of hydrogen-bond acceptors (Lipinski definition) is 4. The summed E-state index contributed by atoms with van der Waals surface area (Å²) >= 11 is 0. The zero-order valence-electron chi connectivity index (χ0n) is 9.12. The molecule has 0 aromatic heterocycles. The highest BCUT2D eigenvalue weighted by atomic mass is 16.5. The Balaban J connectivity index is 2.16. The summed E-state index contributed by atoms with van der Waals surface area (Å²) in [4.78, 5) is 23.1. The molecule has 0 aliphatic heterocycles. The number of hydrogen-bond donors (Lipinski definition) is 0. The van der Waals surface area contributed by atoms with E-state index in [-0.39, 0.29) is 29.2 Å². The van der Waals surface area contributed by atoms with Gasteiger partial charge in [0.1, 0.15) is 0 Å². The van der Waals surface area contributed by atoms with Crippen LogP contribution < -0.4 is 0 Å². The van der Waals surface area contributed by atoms with Gasteiger partial charge in [0.2, 0.25) is 0 Å². The lowest BCUT2D eigenvalue weighted by Gasteiger charge is -2.06. The van der Waals surface area contributed by atoms with Gasteiger partial charge in [0.25, 0.3) is 0 Å². The molecule has 2 aliphatic rings. The van der Waals surface area contributed by atoms with Crippen LogP contribution in [0.1, 0.15) is 25.7 Å². The summed E-state index contributed by atoms with van der Waals surface area (Å²) in [6.45, 7) is 0. The quantitative estimate of drug-likeness (QED) is 0.644. The van der Waals surface area contributed by atoms with Gasteiger partial charge < -0.3 is 9.47 Å². The molecule has 84 valence electrons. The number of rotatable bonds is 2. The Kier molecular flexibility index (Phi) is 2.44. The van der Waals surface area contributed by atoms with Gasteiger partial charge in [0.05, 0.1) is 26.1 Å². The molecule has 1 spiro atoms. The molecule has 2 fully saturated rings. The predicted molar refractivity (Wildman–Crippen MR) is 51.9 cm³/mol. The Hall–Kier alpha value is -1.06. The van der Waals surface area contributed by atoms with Crippen molar-refractivity contribution < 1.29 is 19.1 Å². The van der Waals surface area contributed by atoms with Crippen molar-refractivity contribution in [3.05, 3.63) is 0 Å². The van der Waals surface area contributed by atoms with Gasteiger partial charge in [0.15, 0.2) is 0 Å². The average Bonchev–Trinajstić information content (AvgIpc) is 2.63. The van der Waals surface area contributed by atoms with E-state index in [1.54, 1.807) is 0 Å². The van der Waals surface area contributed by atoms with Crippen LogP contribution in [0.3, 0.4) is 0 Å². The van der Waals surface area contributed by atoms with Crippen molar-refractivity contribution in [3.63, 3.8) is 0 Å². The van der Waals surface area contributed by atoms with Crippen LogP contribution in [-0.4, -0.2) is 26.2 Å². The molecule has 0 radical (unpaired) electrons. The number of carbonyl (C=O) groups excluding carboxylic acids is 2. The van der Waals surface area contributed by atoms with Crippen molar-refractivity contribution >= 4 is 11.9 Å². The fraction of sp³-hybridized carbons (Fsp3) is 0.818. The minimum absolute atomic E-state index is 0.125. The Morgan fingerprint density at radius 3 is 1.73 bits per heavy atom. The van der Waals surface area contributed by atoms with Gasteiger partial charge in [-0.05, 0) is 18.3 Å². The smallest absolute Gasteiger partial charge is 0.310 e. The lowest BCUT2D eigenvalue weighted by Crippen LogP contribution is -2.10. The van der Waals surface area contributed by atoms with Crippen LogP contribution in [0, 0.1) is 17.3 Å². The van der Waals surface area contributed by atoms with Crippen molar-refractivity contribution in [2.45, 2.75) is 25.7 Å². The summed E-state index contributed by atoms with van der Waals surface area (Å²) in [7, 11) is 2.75. The third kappa shape index (κ3) is 1.34. The molecule has 0 amide bonds. The van der Waals surface area contributed by atoms with Crippen LogP contribution >= 0.6 is 0 Å². The fourth-order valence-electron chi connectivity index (χ4n) is 3.14. The monoisotopic (exact) mass is 212 g/mol. The van der Waals surface area contributed by atoms with Gasteiger partial charge in [-0.25, -0.2) is 0 Å². The highest BCUT2D eigenvalue weighted by Gasteiger charge is 2.72. The van der Waals surface area contributed by atoms with E-state index in [0.717, 1.165) is 25.7 Å². The molecule has 0 unspecified atom stereocenters. The summed E-state index contributed by atoms with van der Waals surface area (Å²) in [6, 6.07) is 0. The summed E-state index contributed by atoms with van der Waals surface area (Å²) in [6.07, 6.45) is 4.10. The summed E-state index contributed by atoms with van der Waals surface area (Å²) in [5, 5.41) is 0. The third-order valence-electron chi connectivity index (χ3n) is 3.91. The lowest BCUT2D eigenvalue weighted by atomic mass is 10.0. The summed E-state index contributed by atoms with van der Waals surface area (Å²) in [5.74, 6) is -1.02. The number of carbonyl (C=O) groups is 2. The number of ether oxygens (including phenoxy) is 2. The minimum Gasteiger partial charge on any atom is -0.469 e. The van der Waals surface area contributed by atoms with E-state index in [1.807, 2.05) is 0 Å². The first-order chi connectivity index (χ1) is 7.17. The normalized spacial score (nSPS) is 31.3. The van der Waals surface area contributed by atoms with E-state index in [4.69, 9.17) is 9.47 Å². The van der Waals surface area contributed by atoms with Gasteiger partial charge in [-0.2, -0.15) is 0 Å². The van der Waals surface area contributed by atoms with E-state index in [9.17, 15) is 9.59 Å². The Bertz CT molecular complexity index is 267. The molecule has 2 saturated carbocycles. The van der Waals surface area contributed by atoms with Crippen LogP contribution in [0.5, 0.6) is 0 Å². The highest BCUT2D eigenvalue weighted by molar-refractivity contribution is 5.89. The molecule has 4 heteroatoms. The zero-order chi connectivity index (χ0) is 11.1. The molecule has 0 aromatic rings. The topological polar surface area (TPSA) is 52.6 Å². The molecule has 15 heavy (non-hydrogen) atoms. The molecule has 2 rings (SSSR count). The fourth-order valence-corrected chi connectivity index (χ4v) is 3.14.